The number of hydrogen-bond donors (Lipinski definition) is 1. The highest BCUT2D eigenvalue weighted by atomic mass is 32.1. The van der Waals surface area contributed by atoms with Crippen LogP contribution >= 0.6 is 12.2 Å². The van der Waals surface area contributed by atoms with Crippen LogP contribution in [-0.2, 0) is 0 Å². The van der Waals surface area contributed by atoms with Crippen molar-refractivity contribution in [1.29, 1.82) is 0 Å². The molecule has 2 aromatic carbocycles. The van der Waals surface area contributed by atoms with Gasteiger partial charge in [0.1, 0.15) is 0 Å². The number of rotatable bonds is 1. The fourth-order valence-corrected chi connectivity index (χ4v) is 2.24. The lowest BCUT2D eigenvalue weighted by molar-refractivity contribution is 1.14. The first-order valence-corrected chi connectivity index (χ1v) is 6.19. The van der Waals surface area contributed by atoms with Crippen LogP contribution in [0.3, 0.4) is 0 Å². The first kappa shape index (κ1) is 11.1. The van der Waals surface area contributed by atoms with E-state index in [1.54, 1.807) is 6.20 Å². The van der Waals surface area contributed by atoms with Crippen molar-refractivity contribution in [1.82, 2.24) is 9.97 Å². The van der Waals surface area contributed by atoms with Crippen molar-refractivity contribution in [3.05, 3.63) is 59.0 Å². The summed E-state index contributed by atoms with van der Waals surface area (Å²) in [5, 5.41) is 2.49. The molecule has 2 nitrogen and oxygen atoms in total. The van der Waals surface area contributed by atoms with Crippen molar-refractivity contribution in [3.8, 4) is 11.3 Å². The molecule has 0 saturated carbocycles. The molecule has 88 valence electrons. The summed E-state index contributed by atoms with van der Waals surface area (Å²) in [5.41, 5.74) is 3.40. The number of aromatic nitrogens is 2. The Balaban J connectivity index is 2.19. The van der Waals surface area contributed by atoms with Crippen LogP contribution in [0.25, 0.3) is 22.0 Å². The second-order valence-electron chi connectivity index (χ2n) is 4.35. The van der Waals surface area contributed by atoms with Gasteiger partial charge in [0.15, 0.2) is 4.77 Å². The zero-order valence-electron chi connectivity index (χ0n) is 9.97. The van der Waals surface area contributed by atoms with E-state index in [1.165, 1.54) is 16.3 Å². The van der Waals surface area contributed by atoms with E-state index in [2.05, 4.69) is 53.3 Å². The maximum atomic E-state index is 5.05. The molecule has 0 unspecified atom stereocenters. The molecule has 0 radical (unpaired) electrons. The number of aromatic amines is 1. The predicted molar refractivity (Wildman–Crippen MR) is 77.1 cm³/mol. The van der Waals surface area contributed by atoms with Crippen LogP contribution in [0.15, 0.2) is 48.7 Å². The monoisotopic (exact) mass is 252 g/mol. The summed E-state index contributed by atoms with van der Waals surface area (Å²) in [6.07, 6.45) is 1.73. The maximum Gasteiger partial charge on any atom is 0.197 e. The molecule has 0 aliphatic rings. The van der Waals surface area contributed by atoms with E-state index in [9.17, 15) is 0 Å². The highest BCUT2D eigenvalue weighted by molar-refractivity contribution is 7.71. The van der Waals surface area contributed by atoms with Crippen molar-refractivity contribution < 1.29 is 0 Å². The third-order valence-electron chi connectivity index (χ3n) is 2.98. The standard InChI is InChI=1S/C15H12N2S/c1-10-2-3-12-9-13(5-4-11(12)8-10)14-6-7-16-15(18)17-14/h2-9H,1H3,(H,16,17,18). The van der Waals surface area contributed by atoms with E-state index in [1.807, 2.05) is 6.07 Å². The van der Waals surface area contributed by atoms with Gasteiger partial charge in [0.05, 0.1) is 0 Å². The molecule has 0 bridgehead atoms. The highest BCUT2D eigenvalue weighted by Crippen LogP contribution is 2.23. The first-order valence-electron chi connectivity index (χ1n) is 5.78. The van der Waals surface area contributed by atoms with Crippen LogP contribution in [0.5, 0.6) is 0 Å². The summed E-state index contributed by atoms with van der Waals surface area (Å²) < 4.78 is 0.511. The molecular formula is C15H12N2S. The number of aryl methyl sites for hydroxylation is 1. The molecule has 1 heterocycles. The van der Waals surface area contributed by atoms with Crippen LogP contribution in [0, 0.1) is 11.7 Å². The van der Waals surface area contributed by atoms with E-state index < -0.39 is 0 Å². The van der Waals surface area contributed by atoms with Gasteiger partial charge >= 0.3 is 0 Å². The zero-order valence-corrected chi connectivity index (χ0v) is 10.8. The Morgan fingerprint density at radius 3 is 2.61 bits per heavy atom. The Hall–Kier alpha value is -2.00. The van der Waals surface area contributed by atoms with Gasteiger partial charge in [0, 0.05) is 11.9 Å². The van der Waals surface area contributed by atoms with Gasteiger partial charge < -0.3 is 4.98 Å². The molecule has 1 N–H and O–H groups in total. The lowest BCUT2D eigenvalue weighted by Gasteiger charge is -2.04. The Bertz CT molecular complexity index is 775. The SMILES string of the molecule is Cc1ccc2cc(-c3ccnc(=S)[nH]3)ccc2c1. The smallest absolute Gasteiger partial charge is 0.197 e. The molecule has 0 fully saturated rings. The number of H-pyrrole nitrogens is 1. The predicted octanol–water partition coefficient (Wildman–Crippen LogP) is 4.27. The third kappa shape index (κ3) is 2.05. The number of nitrogens with zero attached hydrogens (tertiary/aromatic N) is 1. The van der Waals surface area contributed by atoms with Gasteiger partial charge in [-0.3, -0.25) is 0 Å². The van der Waals surface area contributed by atoms with Crippen LogP contribution in [0.2, 0.25) is 0 Å². The van der Waals surface area contributed by atoms with E-state index in [4.69, 9.17) is 12.2 Å². The lowest BCUT2D eigenvalue weighted by atomic mass is 10.0. The molecule has 3 aromatic rings. The molecule has 18 heavy (non-hydrogen) atoms. The molecular weight excluding hydrogens is 240 g/mol. The van der Waals surface area contributed by atoms with E-state index in [0.29, 0.717) is 4.77 Å². The second-order valence-corrected chi connectivity index (χ2v) is 4.74. The average Bonchev–Trinajstić information content (AvgIpc) is 2.38. The fourth-order valence-electron chi connectivity index (χ4n) is 2.07. The largest absolute Gasteiger partial charge is 0.330 e. The Kier molecular flexibility index (Phi) is 2.68. The molecule has 3 heteroatoms. The number of benzene rings is 2. The van der Waals surface area contributed by atoms with Gasteiger partial charge in [-0.15, -0.1) is 0 Å². The Labute approximate surface area is 110 Å². The zero-order chi connectivity index (χ0) is 12.5. The molecule has 0 aliphatic heterocycles. The molecule has 1 aromatic heterocycles. The summed E-state index contributed by atoms with van der Waals surface area (Å²) in [7, 11) is 0. The average molecular weight is 252 g/mol. The lowest BCUT2D eigenvalue weighted by Crippen LogP contribution is -1.86. The van der Waals surface area contributed by atoms with Crippen molar-refractivity contribution in [2.45, 2.75) is 6.92 Å². The van der Waals surface area contributed by atoms with Crippen LogP contribution in [0.1, 0.15) is 5.56 Å². The normalized spacial score (nSPS) is 10.7. The van der Waals surface area contributed by atoms with Crippen molar-refractivity contribution in [2.24, 2.45) is 0 Å². The molecule has 3 rings (SSSR count). The number of fused-ring (bicyclic) bond motifs is 1. The van der Waals surface area contributed by atoms with Crippen LogP contribution in [0.4, 0.5) is 0 Å². The van der Waals surface area contributed by atoms with Crippen molar-refractivity contribution in [2.75, 3.05) is 0 Å². The van der Waals surface area contributed by atoms with Gasteiger partial charge in [-0.2, -0.15) is 0 Å². The molecule has 0 saturated heterocycles. The van der Waals surface area contributed by atoms with Gasteiger partial charge in [-0.05, 0) is 47.6 Å². The topological polar surface area (TPSA) is 28.7 Å². The molecule has 0 atom stereocenters. The van der Waals surface area contributed by atoms with Crippen LogP contribution in [-0.4, -0.2) is 9.97 Å². The minimum atomic E-state index is 0.511. The summed E-state index contributed by atoms with van der Waals surface area (Å²) in [5.74, 6) is 0. The first-order chi connectivity index (χ1) is 8.72. The minimum absolute atomic E-state index is 0.511. The molecule has 0 aliphatic carbocycles. The highest BCUT2D eigenvalue weighted by Gasteiger charge is 2.00. The summed E-state index contributed by atoms with van der Waals surface area (Å²) in [6, 6.07) is 14.8. The van der Waals surface area contributed by atoms with E-state index in [0.717, 1.165) is 11.3 Å². The molecule has 0 amide bonds. The van der Waals surface area contributed by atoms with Gasteiger partial charge in [0.25, 0.3) is 0 Å². The summed E-state index contributed by atoms with van der Waals surface area (Å²) in [6.45, 7) is 2.10. The summed E-state index contributed by atoms with van der Waals surface area (Å²) in [4.78, 5) is 7.10. The second kappa shape index (κ2) is 4.35. The third-order valence-corrected chi connectivity index (χ3v) is 3.19. The van der Waals surface area contributed by atoms with Gasteiger partial charge in [-0.1, -0.05) is 35.9 Å². The van der Waals surface area contributed by atoms with Gasteiger partial charge in [0.2, 0.25) is 0 Å². The Morgan fingerprint density at radius 2 is 1.78 bits per heavy atom. The van der Waals surface area contributed by atoms with Crippen molar-refractivity contribution in [3.63, 3.8) is 0 Å². The van der Waals surface area contributed by atoms with E-state index in [-0.39, 0.29) is 0 Å². The number of hydrogen-bond acceptors (Lipinski definition) is 2. The summed E-state index contributed by atoms with van der Waals surface area (Å²) >= 11 is 5.05. The van der Waals surface area contributed by atoms with Crippen LogP contribution < -0.4 is 0 Å². The van der Waals surface area contributed by atoms with Gasteiger partial charge in [-0.25, -0.2) is 4.98 Å². The number of nitrogens with one attached hydrogen (secondary N) is 1. The minimum Gasteiger partial charge on any atom is -0.330 e. The Morgan fingerprint density at radius 1 is 1.00 bits per heavy atom. The maximum absolute atomic E-state index is 5.05. The van der Waals surface area contributed by atoms with E-state index >= 15 is 0 Å². The fraction of sp³-hybridized carbons (Fsp3) is 0.0667. The quantitative estimate of drug-likeness (QED) is 0.655. The molecule has 0 spiro atoms. The van der Waals surface area contributed by atoms with Crippen molar-refractivity contribution >= 4 is 23.0 Å².